The highest BCUT2D eigenvalue weighted by atomic mass is 15.1. The van der Waals surface area contributed by atoms with E-state index in [-0.39, 0.29) is 0 Å². The summed E-state index contributed by atoms with van der Waals surface area (Å²) < 4.78 is 2.29. The van der Waals surface area contributed by atoms with Crippen LogP contribution in [0.3, 0.4) is 0 Å². The number of allylic oxidation sites excluding steroid dienone is 7. The third kappa shape index (κ3) is 1.64. The molecule has 0 saturated carbocycles. The van der Waals surface area contributed by atoms with Crippen LogP contribution >= 0.6 is 0 Å². The number of para-hydroxylation sites is 3. The summed E-state index contributed by atoms with van der Waals surface area (Å²) in [6, 6.07) is 16.9. The van der Waals surface area contributed by atoms with Crippen molar-refractivity contribution in [2.24, 2.45) is 0 Å². The Balaban J connectivity index is 2.06. The molecule has 1 aliphatic heterocycles. The molecule has 2 heterocycles. The van der Waals surface area contributed by atoms with Crippen molar-refractivity contribution >= 4 is 11.0 Å². The first kappa shape index (κ1) is 15.8. The largest absolute Gasteiger partial charge is 0.295 e. The molecule has 1 aromatic heterocycles. The monoisotopic (exact) mass is 348 g/mol. The van der Waals surface area contributed by atoms with Gasteiger partial charge in [0.2, 0.25) is 0 Å². The molecule has 5 rings (SSSR count). The average Bonchev–Trinajstić information content (AvgIpc) is 3.29. The minimum absolute atomic E-state index is 0.493. The van der Waals surface area contributed by atoms with E-state index < -0.39 is 5.41 Å². The first-order valence-electron chi connectivity index (χ1n) is 9.11. The van der Waals surface area contributed by atoms with Gasteiger partial charge in [-0.2, -0.15) is 0 Å². The van der Waals surface area contributed by atoms with E-state index in [1.807, 2.05) is 24.3 Å². The lowest BCUT2D eigenvalue weighted by atomic mass is 9.71. The smallest absolute Gasteiger partial charge is 0.134 e. The van der Waals surface area contributed by atoms with Gasteiger partial charge in [0.1, 0.15) is 11.2 Å². The molecule has 1 spiro atoms. The van der Waals surface area contributed by atoms with E-state index in [1.165, 1.54) is 11.1 Å². The predicted octanol–water partition coefficient (Wildman–Crippen LogP) is 5.81. The number of rotatable bonds is 3. The van der Waals surface area contributed by atoms with Gasteiger partial charge in [-0.25, -0.2) is 4.98 Å². The van der Waals surface area contributed by atoms with Crippen molar-refractivity contribution in [1.82, 2.24) is 9.55 Å². The van der Waals surface area contributed by atoms with Crippen LogP contribution in [-0.2, 0) is 5.41 Å². The summed E-state index contributed by atoms with van der Waals surface area (Å²) in [6.45, 7) is 14.5. The number of hydrogen-bond donors (Lipinski definition) is 0. The molecule has 1 aliphatic carbocycles. The highest BCUT2D eigenvalue weighted by molar-refractivity contribution is 5.86. The summed E-state index contributed by atoms with van der Waals surface area (Å²) in [7, 11) is 0. The summed E-state index contributed by atoms with van der Waals surface area (Å²) in [4.78, 5) is 5.11. The quantitative estimate of drug-likeness (QED) is 0.584. The predicted molar refractivity (Wildman–Crippen MR) is 112 cm³/mol. The third-order valence-corrected chi connectivity index (χ3v) is 5.96. The topological polar surface area (TPSA) is 17.8 Å². The summed E-state index contributed by atoms with van der Waals surface area (Å²) in [5.74, 6) is 1.01. The Kier molecular flexibility index (Phi) is 3.11. The maximum Gasteiger partial charge on any atom is 0.134 e. The molecule has 2 aliphatic rings. The van der Waals surface area contributed by atoms with Crippen LogP contribution in [0.2, 0.25) is 0 Å². The summed E-state index contributed by atoms with van der Waals surface area (Å²) >= 11 is 0. The van der Waals surface area contributed by atoms with Crippen molar-refractivity contribution in [3.8, 4) is 5.69 Å². The molecule has 0 N–H and O–H groups in total. The lowest BCUT2D eigenvalue weighted by molar-refractivity contribution is 0.726. The van der Waals surface area contributed by atoms with Crippen molar-refractivity contribution in [2.75, 3.05) is 0 Å². The minimum Gasteiger partial charge on any atom is -0.295 e. The van der Waals surface area contributed by atoms with Crippen molar-refractivity contribution in [3.05, 3.63) is 120 Å². The number of hydrogen-bond acceptors (Lipinski definition) is 1. The van der Waals surface area contributed by atoms with Crippen molar-refractivity contribution in [2.45, 2.75) is 12.3 Å². The fourth-order valence-electron chi connectivity index (χ4n) is 4.97. The highest BCUT2D eigenvalue weighted by Gasteiger charge is 2.53. The molecule has 130 valence electrons. The summed E-state index contributed by atoms with van der Waals surface area (Å²) in [5, 5.41) is 0. The first-order chi connectivity index (χ1) is 13.2. The Morgan fingerprint density at radius 3 is 2.33 bits per heavy atom. The van der Waals surface area contributed by atoms with Gasteiger partial charge < -0.3 is 0 Å². The molecule has 0 saturated heterocycles. The Hall–Kier alpha value is -3.39. The molecule has 27 heavy (non-hydrogen) atoms. The highest BCUT2D eigenvalue weighted by Crippen LogP contribution is 2.59. The second-order valence-corrected chi connectivity index (χ2v) is 7.01. The molecule has 3 aromatic rings. The van der Waals surface area contributed by atoms with E-state index >= 15 is 0 Å². The molecule has 1 atom stereocenters. The molecule has 0 radical (unpaired) electrons. The standard InChI is InChI=1S/C25H20N2/c1-5-17-16(4)18(6-2)25(19(17)7-3)20-12-8-10-14-22(20)27-23-15-11-9-13-21(23)26-24(25)27/h5-15H,1-3H2,4H3. The van der Waals surface area contributed by atoms with Gasteiger partial charge >= 0.3 is 0 Å². The van der Waals surface area contributed by atoms with E-state index in [9.17, 15) is 0 Å². The van der Waals surface area contributed by atoms with Crippen molar-refractivity contribution in [3.63, 3.8) is 0 Å². The van der Waals surface area contributed by atoms with Gasteiger partial charge in [-0.15, -0.1) is 0 Å². The van der Waals surface area contributed by atoms with Gasteiger partial charge in [0.25, 0.3) is 0 Å². The Bertz CT molecular complexity index is 1230. The Labute approximate surface area is 159 Å². The maximum absolute atomic E-state index is 5.11. The second kappa shape index (κ2) is 5.31. The number of fused-ring (bicyclic) bond motifs is 7. The molecular formula is C25H20N2. The average molecular weight is 348 g/mol. The first-order valence-corrected chi connectivity index (χ1v) is 9.11. The summed E-state index contributed by atoms with van der Waals surface area (Å²) in [6.07, 6.45) is 5.86. The van der Waals surface area contributed by atoms with E-state index in [0.29, 0.717) is 0 Å². The summed E-state index contributed by atoms with van der Waals surface area (Å²) in [5.41, 5.74) is 8.61. The molecular weight excluding hydrogens is 328 g/mol. The van der Waals surface area contributed by atoms with Gasteiger partial charge in [-0.05, 0) is 53.0 Å². The van der Waals surface area contributed by atoms with Crippen LogP contribution in [0.4, 0.5) is 0 Å². The molecule has 2 heteroatoms. The Morgan fingerprint density at radius 1 is 0.889 bits per heavy atom. The van der Waals surface area contributed by atoms with E-state index in [4.69, 9.17) is 4.98 Å². The molecule has 0 fully saturated rings. The molecule has 2 nitrogen and oxygen atoms in total. The fourth-order valence-corrected chi connectivity index (χ4v) is 4.97. The molecule has 1 unspecified atom stereocenters. The zero-order valence-electron chi connectivity index (χ0n) is 15.4. The normalized spacial score (nSPS) is 20.3. The zero-order valence-corrected chi connectivity index (χ0v) is 15.4. The lowest BCUT2D eigenvalue weighted by Gasteiger charge is -2.29. The van der Waals surface area contributed by atoms with Gasteiger partial charge in [-0.3, -0.25) is 4.57 Å². The fraction of sp³-hybridized carbons (Fsp3) is 0.0800. The number of imidazole rings is 1. The van der Waals surface area contributed by atoms with Crippen LogP contribution < -0.4 is 0 Å². The SMILES string of the molecule is C=CC1=C(C=C)C2(C(C=C)=C1C)c1ccccc1-n1c2nc2ccccc21. The van der Waals surface area contributed by atoms with E-state index in [2.05, 4.69) is 73.7 Å². The number of nitrogens with zero attached hydrogens (tertiary/aromatic N) is 2. The second-order valence-electron chi connectivity index (χ2n) is 7.01. The van der Waals surface area contributed by atoms with Gasteiger partial charge in [0.15, 0.2) is 0 Å². The van der Waals surface area contributed by atoms with Crippen LogP contribution in [0.5, 0.6) is 0 Å². The van der Waals surface area contributed by atoms with Crippen LogP contribution in [0.1, 0.15) is 18.3 Å². The Morgan fingerprint density at radius 2 is 1.59 bits per heavy atom. The minimum atomic E-state index is -0.493. The van der Waals surface area contributed by atoms with Crippen molar-refractivity contribution < 1.29 is 0 Å². The number of aromatic nitrogens is 2. The van der Waals surface area contributed by atoms with E-state index in [1.54, 1.807) is 0 Å². The molecule has 0 bridgehead atoms. The zero-order chi connectivity index (χ0) is 18.8. The number of benzene rings is 2. The third-order valence-electron chi connectivity index (χ3n) is 5.96. The van der Waals surface area contributed by atoms with Crippen LogP contribution in [0, 0.1) is 0 Å². The lowest BCUT2D eigenvalue weighted by Crippen LogP contribution is -2.28. The van der Waals surface area contributed by atoms with Gasteiger partial charge in [0, 0.05) is 0 Å². The van der Waals surface area contributed by atoms with E-state index in [0.717, 1.165) is 39.3 Å². The van der Waals surface area contributed by atoms with Gasteiger partial charge in [-0.1, -0.05) is 68.3 Å². The van der Waals surface area contributed by atoms with Gasteiger partial charge in [0.05, 0.1) is 16.7 Å². The molecule has 2 aromatic carbocycles. The van der Waals surface area contributed by atoms with Crippen LogP contribution in [-0.4, -0.2) is 9.55 Å². The van der Waals surface area contributed by atoms with Crippen molar-refractivity contribution in [1.29, 1.82) is 0 Å². The van der Waals surface area contributed by atoms with Crippen LogP contribution in [0.25, 0.3) is 16.7 Å². The van der Waals surface area contributed by atoms with Crippen LogP contribution in [0.15, 0.2) is 109 Å². The maximum atomic E-state index is 5.11. The molecule has 0 amide bonds.